The molecule has 2 aromatic rings. The van der Waals surface area contributed by atoms with Crippen LogP contribution in [0.1, 0.15) is 5.56 Å². The molecule has 7 heteroatoms. The summed E-state index contributed by atoms with van der Waals surface area (Å²) in [6.07, 6.45) is 0. The minimum absolute atomic E-state index is 0.115. The van der Waals surface area contributed by atoms with Crippen molar-refractivity contribution in [3.63, 3.8) is 0 Å². The fourth-order valence-corrected chi connectivity index (χ4v) is 2.12. The van der Waals surface area contributed by atoms with Crippen LogP contribution >= 0.6 is 23.2 Å². The molecule has 0 radical (unpaired) electrons. The maximum atomic E-state index is 10.8. The van der Waals surface area contributed by atoms with E-state index in [1.807, 2.05) is 0 Å². The number of nitro benzene ring substituents is 1. The maximum Gasteiger partial charge on any atom is 0.292 e. The van der Waals surface area contributed by atoms with Gasteiger partial charge in [-0.05, 0) is 29.8 Å². The molecule has 0 heterocycles. The topological polar surface area (TPSA) is 78.4 Å². The summed E-state index contributed by atoms with van der Waals surface area (Å²) in [6, 6.07) is 9.32. The highest BCUT2D eigenvalue weighted by atomic mass is 35.5. The Balaban J connectivity index is 2.14. The van der Waals surface area contributed by atoms with Crippen molar-refractivity contribution in [2.45, 2.75) is 6.61 Å². The first-order valence-electron chi connectivity index (χ1n) is 5.57. The third-order valence-electron chi connectivity index (χ3n) is 2.53. The lowest BCUT2D eigenvalue weighted by Gasteiger charge is -2.08. The van der Waals surface area contributed by atoms with E-state index < -0.39 is 4.92 Å². The van der Waals surface area contributed by atoms with Gasteiger partial charge in [0.2, 0.25) is 0 Å². The van der Waals surface area contributed by atoms with Crippen molar-refractivity contribution in [2.24, 2.45) is 0 Å². The normalized spacial score (nSPS) is 10.3. The number of nitrogens with two attached hydrogens (primary N) is 1. The zero-order chi connectivity index (χ0) is 14.7. The van der Waals surface area contributed by atoms with Crippen LogP contribution in [-0.4, -0.2) is 4.92 Å². The number of ether oxygens (including phenoxy) is 1. The number of nitro groups is 1. The first kappa shape index (κ1) is 14.4. The lowest BCUT2D eigenvalue weighted by atomic mass is 10.2. The van der Waals surface area contributed by atoms with E-state index in [2.05, 4.69) is 0 Å². The minimum atomic E-state index is -0.533. The lowest BCUT2D eigenvalue weighted by Crippen LogP contribution is -2.00. The highest BCUT2D eigenvalue weighted by molar-refractivity contribution is 6.34. The summed E-state index contributed by atoms with van der Waals surface area (Å²) >= 11 is 11.7. The zero-order valence-electron chi connectivity index (χ0n) is 10.2. The Morgan fingerprint density at radius 3 is 2.40 bits per heavy atom. The Morgan fingerprint density at radius 1 is 1.15 bits per heavy atom. The number of hydrogen-bond acceptors (Lipinski definition) is 4. The quantitative estimate of drug-likeness (QED) is 0.524. The van der Waals surface area contributed by atoms with Crippen LogP contribution in [-0.2, 0) is 6.61 Å². The molecule has 0 aliphatic rings. The van der Waals surface area contributed by atoms with E-state index in [4.69, 9.17) is 33.7 Å². The van der Waals surface area contributed by atoms with E-state index in [-0.39, 0.29) is 18.0 Å². The van der Waals surface area contributed by atoms with Gasteiger partial charge >= 0.3 is 0 Å². The Hall–Kier alpha value is -1.98. The standard InChI is InChI=1S/C13H10Cl2N2O3/c14-9-4-10(15)6-11(5-9)20-7-8-1-2-12(16)13(3-8)17(18)19/h1-6H,7,16H2. The Morgan fingerprint density at radius 2 is 1.80 bits per heavy atom. The molecule has 5 nitrogen and oxygen atoms in total. The third kappa shape index (κ3) is 3.53. The monoisotopic (exact) mass is 312 g/mol. The largest absolute Gasteiger partial charge is 0.489 e. The van der Waals surface area contributed by atoms with E-state index in [1.54, 1.807) is 24.3 Å². The van der Waals surface area contributed by atoms with E-state index in [0.717, 1.165) is 0 Å². The van der Waals surface area contributed by atoms with Crippen LogP contribution in [0.4, 0.5) is 11.4 Å². The molecule has 20 heavy (non-hydrogen) atoms. The summed E-state index contributed by atoms with van der Waals surface area (Å²) in [4.78, 5) is 10.3. The third-order valence-corrected chi connectivity index (χ3v) is 2.97. The number of rotatable bonds is 4. The number of halogens is 2. The summed E-state index contributed by atoms with van der Waals surface area (Å²) in [6.45, 7) is 0.151. The molecule has 2 N–H and O–H groups in total. The van der Waals surface area contributed by atoms with Gasteiger partial charge in [0.05, 0.1) is 4.92 Å². The Labute approximate surface area is 125 Å². The molecule has 104 valence electrons. The number of anilines is 1. The second kappa shape index (κ2) is 5.98. The van der Waals surface area contributed by atoms with E-state index >= 15 is 0 Å². The zero-order valence-corrected chi connectivity index (χ0v) is 11.7. The lowest BCUT2D eigenvalue weighted by molar-refractivity contribution is -0.384. The maximum absolute atomic E-state index is 10.8. The van der Waals surface area contributed by atoms with Crippen molar-refractivity contribution in [1.29, 1.82) is 0 Å². The summed E-state index contributed by atoms with van der Waals surface area (Å²) < 4.78 is 5.50. The van der Waals surface area contributed by atoms with Gasteiger partial charge in [-0.3, -0.25) is 10.1 Å². The molecule has 2 rings (SSSR count). The van der Waals surface area contributed by atoms with Gasteiger partial charge in [0.25, 0.3) is 5.69 Å². The van der Waals surface area contributed by atoms with Gasteiger partial charge in [0.15, 0.2) is 0 Å². The van der Waals surface area contributed by atoms with Crippen molar-refractivity contribution in [3.05, 3.63) is 62.1 Å². The van der Waals surface area contributed by atoms with Crippen LogP contribution in [0.25, 0.3) is 0 Å². The summed E-state index contributed by atoms with van der Waals surface area (Å²) in [5, 5.41) is 11.7. The molecule has 0 atom stereocenters. The van der Waals surface area contributed by atoms with Crippen LogP contribution in [0.15, 0.2) is 36.4 Å². The summed E-state index contributed by atoms with van der Waals surface area (Å²) in [7, 11) is 0. The molecule has 0 saturated heterocycles. The molecule has 0 amide bonds. The highest BCUT2D eigenvalue weighted by Gasteiger charge is 2.12. The second-order valence-corrected chi connectivity index (χ2v) is 4.92. The summed E-state index contributed by atoms with van der Waals surface area (Å²) in [5.74, 6) is 0.488. The highest BCUT2D eigenvalue weighted by Crippen LogP contribution is 2.26. The van der Waals surface area contributed by atoms with Gasteiger partial charge in [-0.25, -0.2) is 0 Å². The second-order valence-electron chi connectivity index (χ2n) is 4.04. The smallest absolute Gasteiger partial charge is 0.292 e. The molecule has 0 unspecified atom stereocenters. The minimum Gasteiger partial charge on any atom is -0.489 e. The first-order chi connectivity index (χ1) is 9.45. The van der Waals surface area contributed by atoms with Crippen LogP contribution in [0, 0.1) is 10.1 Å². The molecule has 0 saturated carbocycles. The molecule has 0 spiro atoms. The number of hydrogen-bond donors (Lipinski definition) is 1. The Bertz CT molecular complexity index is 642. The van der Waals surface area contributed by atoms with Crippen LogP contribution in [0.5, 0.6) is 5.75 Å². The predicted octanol–water partition coefficient (Wildman–Crippen LogP) is 4.06. The van der Waals surface area contributed by atoms with Crippen LogP contribution in [0.3, 0.4) is 0 Å². The van der Waals surface area contributed by atoms with Crippen molar-refractivity contribution >= 4 is 34.6 Å². The van der Waals surface area contributed by atoms with Gasteiger partial charge in [-0.15, -0.1) is 0 Å². The number of nitrogen functional groups attached to an aromatic ring is 1. The fourth-order valence-electron chi connectivity index (χ4n) is 1.62. The molecule has 0 aromatic heterocycles. The van der Waals surface area contributed by atoms with E-state index in [1.165, 1.54) is 12.1 Å². The number of benzene rings is 2. The number of nitrogens with zero attached hydrogens (tertiary/aromatic N) is 1. The van der Waals surface area contributed by atoms with Gasteiger partial charge < -0.3 is 10.5 Å². The predicted molar refractivity (Wildman–Crippen MR) is 78.3 cm³/mol. The van der Waals surface area contributed by atoms with Crippen molar-refractivity contribution in [2.75, 3.05) is 5.73 Å². The average Bonchev–Trinajstić information content (AvgIpc) is 2.36. The van der Waals surface area contributed by atoms with Gasteiger partial charge in [0.1, 0.15) is 18.0 Å². The van der Waals surface area contributed by atoms with Crippen molar-refractivity contribution in [1.82, 2.24) is 0 Å². The molecule has 0 aliphatic heterocycles. The van der Waals surface area contributed by atoms with E-state index in [9.17, 15) is 10.1 Å². The fraction of sp³-hybridized carbons (Fsp3) is 0.0769. The van der Waals surface area contributed by atoms with Gasteiger partial charge in [-0.2, -0.15) is 0 Å². The van der Waals surface area contributed by atoms with Crippen molar-refractivity contribution in [3.8, 4) is 5.75 Å². The SMILES string of the molecule is Nc1ccc(COc2cc(Cl)cc(Cl)c2)cc1[N+](=O)[O-]. The molecule has 0 bridgehead atoms. The van der Waals surface area contributed by atoms with Gasteiger partial charge in [0, 0.05) is 16.1 Å². The van der Waals surface area contributed by atoms with Crippen LogP contribution in [0.2, 0.25) is 10.0 Å². The molecule has 2 aromatic carbocycles. The molecule has 0 aliphatic carbocycles. The van der Waals surface area contributed by atoms with Crippen LogP contribution < -0.4 is 10.5 Å². The first-order valence-corrected chi connectivity index (χ1v) is 6.33. The average molecular weight is 313 g/mol. The molecular formula is C13H10Cl2N2O3. The molecular weight excluding hydrogens is 303 g/mol. The summed E-state index contributed by atoms with van der Waals surface area (Å²) in [5.41, 5.74) is 6.12. The molecule has 0 fully saturated rings. The Kier molecular flexibility index (Phi) is 4.32. The van der Waals surface area contributed by atoms with Gasteiger partial charge in [-0.1, -0.05) is 29.3 Å². The van der Waals surface area contributed by atoms with Crippen molar-refractivity contribution < 1.29 is 9.66 Å². The van der Waals surface area contributed by atoms with E-state index in [0.29, 0.717) is 21.4 Å².